The highest BCUT2D eigenvalue weighted by Gasteiger charge is 2.39. The number of fused-ring (bicyclic) bond motifs is 8. The minimum Gasteiger partial charge on any atom is -0.183 e. The third kappa shape index (κ3) is 10.1. The lowest BCUT2D eigenvalue weighted by Gasteiger charge is -2.27. The summed E-state index contributed by atoms with van der Waals surface area (Å²) in [7, 11) is 0. The summed E-state index contributed by atoms with van der Waals surface area (Å²) in [6.07, 6.45) is 24.3. The lowest BCUT2D eigenvalue weighted by molar-refractivity contribution is 0.590. The lowest BCUT2D eigenvalue weighted by atomic mass is 9.77. The Morgan fingerprint density at radius 2 is 0.900 bits per heavy atom. The highest BCUT2D eigenvalue weighted by Crippen LogP contribution is 2.60. The summed E-state index contributed by atoms with van der Waals surface area (Å²) in [5.41, 5.74) is 33.9. The number of allylic oxidation sites excluding steroid dienone is 11. The molecule has 0 radical (unpaired) electrons. The Labute approximate surface area is 487 Å². The maximum atomic E-state index is 5.13. The van der Waals surface area contributed by atoms with Crippen molar-refractivity contribution in [3.05, 3.63) is 243 Å². The van der Waals surface area contributed by atoms with Crippen LogP contribution in [0.4, 0.5) is 0 Å². The van der Waals surface area contributed by atoms with E-state index in [0.717, 1.165) is 24.8 Å². The first kappa shape index (κ1) is 56.3. The van der Waals surface area contributed by atoms with Gasteiger partial charge in [-0.3, -0.25) is 0 Å². The predicted molar refractivity (Wildman–Crippen MR) is 356 cm³/mol. The Hall–Kier alpha value is -6.93. The van der Waals surface area contributed by atoms with E-state index in [1.165, 1.54) is 139 Å². The van der Waals surface area contributed by atoms with Gasteiger partial charge in [-0.1, -0.05) is 273 Å². The number of thiol groups is 1. The standard InChI is InChI=1S/C76H74.C2H6.CH4S/c1-46-44-65-64-45-47(18-16-22-61(64)71-66(50-29-37-54(38-30-50)75(8,9)10)59-19-14-15-20-60(59)67(72(65)71)51-31-39-55(40-32-51)76(11,12)13)24-41-63-68-56(46)21-17-23-62(68)69-57(48-25-33-52(34-26-48)73(2,3)4)42-43-58(70(63)69)49-27-35-53(36-28-49)74(5,6)7;2*1-2/h15-18,20-23,25-45,47H,1,14,19,24H2,2-13H3;1-2H3;2H,1H3/b63-41+,65-44+;;. The van der Waals surface area contributed by atoms with Crippen LogP contribution in [0.3, 0.4) is 0 Å². The first-order valence-electron chi connectivity index (χ1n) is 29.5. The Kier molecular flexibility index (Phi) is 15.2. The summed E-state index contributed by atoms with van der Waals surface area (Å²) in [5.74, 6) is 0.154. The van der Waals surface area contributed by atoms with Crippen molar-refractivity contribution < 1.29 is 0 Å². The number of benzene rings is 7. The maximum Gasteiger partial charge on any atom is -0.000608 e. The molecule has 1 atom stereocenters. The van der Waals surface area contributed by atoms with Crippen molar-refractivity contribution in [3.63, 3.8) is 0 Å². The molecule has 0 amide bonds. The van der Waals surface area contributed by atoms with Crippen molar-refractivity contribution >= 4 is 41.0 Å². The molecule has 0 aliphatic heterocycles. The molecule has 7 aromatic rings. The van der Waals surface area contributed by atoms with Crippen LogP contribution in [0, 0.1) is 5.92 Å². The highest BCUT2D eigenvalue weighted by molar-refractivity contribution is 7.79. The zero-order chi connectivity index (χ0) is 57.2. The molecule has 7 aromatic carbocycles. The molecule has 406 valence electrons. The van der Waals surface area contributed by atoms with Gasteiger partial charge in [0.15, 0.2) is 0 Å². The van der Waals surface area contributed by atoms with Crippen LogP contribution in [0.15, 0.2) is 182 Å². The van der Waals surface area contributed by atoms with Crippen LogP contribution in [-0.2, 0) is 28.1 Å². The van der Waals surface area contributed by atoms with Crippen LogP contribution in [0.5, 0.6) is 0 Å². The summed E-state index contributed by atoms with van der Waals surface area (Å²) in [5, 5.41) is 0. The van der Waals surface area contributed by atoms with Gasteiger partial charge in [0, 0.05) is 0 Å². The van der Waals surface area contributed by atoms with Crippen LogP contribution >= 0.6 is 12.6 Å². The largest absolute Gasteiger partial charge is 0.183 e. The molecule has 0 spiro atoms. The van der Waals surface area contributed by atoms with Gasteiger partial charge < -0.3 is 0 Å². The molecule has 5 aliphatic rings. The zero-order valence-corrected chi connectivity index (χ0v) is 51.5. The van der Waals surface area contributed by atoms with Crippen molar-refractivity contribution in [1.29, 1.82) is 0 Å². The molecule has 0 fully saturated rings. The molecular weight excluding hydrogens is 981 g/mol. The molecule has 2 bridgehead atoms. The molecule has 0 aromatic heterocycles. The SMILES string of the molecule is C=C1/C=C2\C3=CC(C=CC=C3c3c2c(-c2ccc(C(C)(C)C)cc2)c2c(c3-c3ccc(C(C)(C)C)cc3)CCC=C2)C/C=C2\c3c1cccc3-c1c(-c3ccc(C(C)(C)C)cc3)ccc(-c3ccc(C(C)(C)C)cc3)c12.CC.CS. The predicted octanol–water partition coefficient (Wildman–Crippen LogP) is 22.5. The van der Waals surface area contributed by atoms with E-state index >= 15 is 0 Å². The fourth-order valence-corrected chi connectivity index (χ4v) is 12.8. The third-order valence-electron chi connectivity index (χ3n) is 17.2. The summed E-state index contributed by atoms with van der Waals surface area (Å²) >= 11 is 3.53. The van der Waals surface area contributed by atoms with Crippen LogP contribution in [0.2, 0.25) is 0 Å². The molecule has 12 rings (SSSR count). The van der Waals surface area contributed by atoms with E-state index in [9.17, 15) is 0 Å². The summed E-state index contributed by atoms with van der Waals surface area (Å²) in [4.78, 5) is 0. The molecule has 0 N–H and O–H groups in total. The molecular formula is C79H84S. The Balaban J connectivity index is 0.00000176. The van der Waals surface area contributed by atoms with Gasteiger partial charge in [0.2, 0.25) is 0 Å². The van der Waals surface area contributed by atoms with Crippen molar-refractivity contribution in [1.82, 2.24) is 0 Å². The molecule has 0 saturated heterocycles. The molecule has 1 heteroatoms. The maximum absolute atomic E-state index is 5.13. The van der Waals surface area contributed by atoms with Crippen molar-refractivity contribution in [3.8, 4) is 55.6 Å². The van der Waals surface area contributed by atoms with Gasteiger partial charge in [-0.15, -0.1) is 0 Å². The molecule has 80 heavy (non-hydrogen) atoms. The van der Waals surface area contributed by atoms with E-state index in [0.29, 0.717) is 0 Å². The second-order valence-corrected chi connectivity index (χ2v) is 26.4. The van der Waals surface area contributed by atoms with Gasteiger partial charge in [-0.2, -0.15) is 12.6 Å². The Morgan fingerprint density at radius 1 is 0.438 bits per heavy atom. The monoisotopic (exact) mass is 1060 g/mol. The second kappa shape index (κ2) is 21.5. The summed E-state index contributed by atoms with van der Waals surface area (Å²) in [6, 6.07) is 49.6. The van der Waals surface area contributed by atoms with E-state index in [2.05, 4.69) is 272 Å². The number of hydrogen-bond donors (Lipinski definition) is 1. The van der Waals surface area contributed by atoms with E-state index in [-0.39, 0.29) is 27.6 Å². The van der Waals surface area contributed by atoms with Crippen LogP contribution in [-0.4, -0.2) is 6.26 Å². The van der Waals surface area contributed by atoms with Gasteiger partial charge in [0.1, 0.15) is 0 Å². The molecule has 5 aliphatic carbocycles. The molecule has 0 nitrogen and oxygen atoms in total. The fraction of sp³-hybridized carbons (Fsp3) is 0.291. The molecule has 0 heterocycles. The van der Waals surface area contributed by atoms with E-state index in [1.807, 2.05) is 13.8 Å². The van der Waals surface area contributed by atoms with Crippen LogP contribution in [0.1, 0.15) is 171 Å². The van der Waals surface area contributed by atoms with Gasteiger partial charge in [-0.25, -0.2) is 0 Å². The summed E-state index contributed by atoms with van der Waals surface area (Å²) < 4.78 is 0. The van der Waals surface area contributed by atoms with Crippen molar-refractivity contribution in [2.75, 3.05) is 6.26 Å². The van der Waals surface area contributed by atoms with Gasteiger partial charge in [-0.05, 0) is 204 Å². The van der Waals surface area contributed by atoms with Crippen LogP contribution < -0.4 is 0 Å². The van der Waals surface area contributed by atoms with Gasteiger partial charge >= 0.3 is 0 Å². The fourth-order valence-electron chi connectivity index (χ4n) is 12.8. The third-order valence-corrected chi connectivity index (χ3v) is 17.2. The normalized spacial score (nSPS) is 17.2. The Bertz CT molecular complexity index is 3750. The minimum absolute atomic E-state index is 0.0416. The average molecular weight is 1070 g/mol. The molecule has 1 unspecified atom stereocenters. The zero-order valence-electron chi connectivity index (χ0n) is 50.6. The summed E-state index contributed by atoms with van der Waals surface area (Å²) in [6.45, 7) is 36.8. The second-order valence-electron chi connectivity index (χ2n) is 26.4. The number of rotatable bonds is 4. The highest BCUT2D eigenvalue weighted by atomic mass is 32.1. The van der Waals surface area contributed by atoms with E-state index < -0.39 is 0 Å². The van der Waals surface area contributed by atoms with Gasteiger partial charge in [0.05, 0.1) is 0 Å². The van der Waals surface area contributed by atoms with Crippen molar-refractivity contribution in [2.45, 2.75) is 138 Å². The number of hydrogen-bond acceptors (Lipinski definition) is 1. The quantitative estimate of drug-likeness (QED) is 0.167. The first-order chi connectivity index (χ1) is 38.1. The smallest absolute Gasteiger partial charge is 0.000608 e. The van der Waals surface area contributed by atoms with E-state index in [1.54, 1.807) is 6.26 Å². The van der Waals surface area contributed by atoms with Gasteiger partial charge in [0.25, 0.3) is 0 Å². The first-order valence-corrected chi connectivity index (χ1v) is 30.4. The van der Waals surface area contributed by atoms with Crippen LogP contribution in [0.25, 0.3) is 84.0 Å². The van der Waals surface area contributed by atoms with Crippen molar-refractivity contribution in [2.24, 2.45) is 5.92 Å². The molecule has 0 saturated carbocycles. The minimum atomic E-state index is 0.0416. The Morgan fingerprint density at radius 3 is 1.41 bits per heavy atom. The average Bonchev–Trinajstić information content (AvgIpc) is 3.84. The van der Waals surface area contributed by atoms with E-state index in [4.69, 9.17) is 6.58 Å². The topological polar surface area (TPSA) is 0 Å². The lowest BCUT2D eigenvalue weighted by Crippen LogP contribution is -2.11.